The zero-order valence-electron chi connectivity index (χ0n) is 16.0. The van der Waals surface area contributed by atoms with Crippen molar-refractivity contribution < 1.29 is 4.79 Å². The Labute approximate surface area is 174 Å². The molecule has 2 heterocycles. The lowest BCUT2D eigenvalue weighted by Crippen LogP contribution is -2.46. The number of benzene rings is 1. The topological polar surface area (TPSA) is 45.2 Å². The predicted octanol–water partition coefficient (Wildman–Crippen LogP) is 4.50. The highest BCUT2D eigenvalue weighted by Crippen LogP contribution is 2.22. The van der Waals surface area contributed by atoms with Gasteiger partial charge in [0.15, 0.2) is 0 Å². The van der Waals surface area contributed by atoms with Gasteiger partial charge in [0.25, 0.3) is 5.91 Å². The third kappa shape index (κ3) is 5.93. The third-order valence-corrected chi connectivity index (χ3v) is 4.84. The van der Waals surface area contributed by atoms with Crippen LogP contribution in [0.3, 0.4) is 0 Å². The van der Waals surface area contributed by atoms with Crippen LogP contribution in [0.2, 0.25) is 0 Å². The van der Waals surface area contributed by atoms with Crippen LogP contribution < -0.4 is 5.32 Å². The van der Waals surface area contributed by atoms with Crippen LogP contribution in [0.4, 0.5) is 0 Å². The summed E-state index contributed by atoms with van der Waals surface area (Å²) in [4.78, 5) is 19.5. The molecule has 0 aliphatic carbocycles. The average molecular weight is 410 g/mol. The van der Waals surface area contributed by atoms with Crippen molar-refractivity contribution in [1.29, 1.82) is 0 Å². The van der Waals surface area contributed by atoms with Crippen LogP contribution in [-0.4, -0.2) is 41.5 Å². The van der Waals surface area contributed by atoms with Crippen molar-refractivity contribution in [3.05, 3.63) is 53.9 Å². The van der Waals surface area contributed by atoms with Crippen molar-refractivity contribution in [1.82, 2.24) is 15.2 Å². The monoisotopic (exact) mass is 409 g/mol. The normalized spacial score (nSPS) is 14.0. The summed E-state index contributed by atoms with van der Waals surface area (Å²) in [7, 11) is 0. The Hall–Kier alpha value is -1.62. The molecule has 0 unspecified atom stereocenters. The van der Waals surface area contributed by atoms with E-state index in [0.29, 0.717) is 11.6 Å². The van der Waals surface area contributed by atoms with E-state index in [0.717, 1.165) is 50.0 Å². The Bertz CT molecular complexity index is 716. The number of amides is 1. The second-order valence-corrected chi connectivity index (χ2v) is 6.81. The molecule has 1 amide bonds. The van der Waals surface area contributed by atoms with E-state index in [9.17, 15) is 4.79 Å². The first-order chi connectivity index (χ1) is 12.2. The molecule has 0 saturated carbocycles. The SMILES string of the molecule is CCCN(C(=O)c1cncc(-c2ccc(C)cc2)c1)C1CCNCC1.Cl.Cl. The molecule has 6 heteroatoms. The van der Waals surface area contributed by atoms with Crippen molar-refractivity contribution in [2.75, 3.05) is 19.6 Å². The number of nitrogens with one attached hydrogen (secondary N) is 1. The van der Waals surface area contributed by atoms with Crippen LogP contribution in [0.25, 0.3) is 11.1 Å². The van der Waals surface area contributed by atoms with Crippen molar-refractivity contribution in [2.45, 2.75) is 39.2 Å². The zero-order chi connectivity index (χ0) is 17.6. The van der Waals surface area contributed by atoms with E-state index in [1.807, 2.05) is 12.3 Å². The molecule has 148 valence electrons. The van der Waals surface area contributed by atoms with Crippen molar-refractivity contribution >= 4 is 30.7 Å². The van der Waals surface area contributed by atoms with Gasteiger partial charge in [-0.05, 0) is 50.9 Å². The average Bonchev–Trinajstić information content (AvgIpc) is 2.67. The molecule has 4 nitrogen and oxygen atoms in total. The van der Waals surface area contributed by atoms with Gasteiger partial charge >= 0.3 is 0 Å². The van der Waals surface area contributed by atoms with Gasteiger partial charge in [-0.25, -0.2) is 0 Å². The molecule has 0 bridgehead atoms. The molecule has 27 heavy (non-hydrogen) atoms. The first-order valence-electron chi connectivity index (χ1n) is 9.23. The maximum absolute atomic E-state index is 13.1. The van der Waals surface area contributed by atoms with Crippen molar-refractivity contribution in [2.24, 2.45) is 0 Å². The summed E-state index contributed by atoms with van der Waals surface area (Å²) in [6, 6.07) is 10.6. The van der Waals surface area contributed by atoms with Gasteiger partial charge in [-0.1, -0.05) is 36.8 Å². The first-order valence-corrected chi connectivity index (χ1v) is 9.23. The number of carbonyl (C=O) groups is 1. The van der Waals surface area contributed by atoms with E-state index in [2.05, 4.69) is 53.3 Å². The minimum atomic E-state index is 0. The Morgan fingerprint density at radius 3 is 2.41 bits per heavy atom. The Morgan fingerprint density at radius 2 is 1.78 bits per heavy atom. The van der Waals surface area contributed by atoms with Gasteiger partial charge in [-0.3, -0.25) is 9.78 Å². The van der Waals surface area contributed by atoms with Gasteiger partial charge in [-0.15, -0.1) is 24.8 Å². The molecule has 1 aromatic heterocycles. The molecular formula is C21H29Cl2N3O. The molecule has 0 spiro atoms. The molecule has 1 fully saturated rings. The number of rotatable bonds is 5. The molecule has 1 aromatic carbocycles. The number of aromatic nitrogens is 1. The summed E-state index contributed by atoms with van der Waals surface area (Å²) >= 11 is 0. The molecule has 1 aliphatic rings. The van der Waals surface area contributed by atoms with Gasteiger partial charge in [0.1, 0.15) is 0 Å². The Balaban J connectivity index is 0.00000182. The number of piperidine rings is 1. The van der Waals surface area contributed by atoms with E-state index in [1.165, 1.54) is 5.56 Å². The lowest BCUT2D eigenvalue weighted by molar-refractivity contribution is 0.0642. The maximum atomic E-state index is 13.1. The summed E-state index contributed by atoms with van der Waals surface area (Å²) in [5.74, 6) is 0.107. The fourth-order valence-corrected chi connectivity index (χ4v) is 3.44. The second-order valence-electron chi connectivity index (χ2n) is 6.81. The highest BCUT2D eigenvalue weighted by molar-refractivity contribution is 5.95. The van der Waals surface area contributed by atoms with Crippen molar-refractivity contribution in [3.8, 4) is 11.1 Å². The van der Waals surface area contributed by atoms with E-state index in [1.54, 1.807) is 6.20 Å². The lowest BCUT2D eigenvalue weighted by atomic mass is 10.0. The summed E-state index contributed by atoms with van der Waals surface area (Å²) in [6.07, 6.45) is 6.55. The van der Waals surface area contributed by atoms with Crippen LogP contribution >= 0.6 is 24.8 Å². The largest absolute Gasteiger partial charge is 0.336 e. The minimum absolute atomic E-state index is 0. The Kier molecular flexibility index (Phi) is 9.78. The van der Waals surface area contributed by atoms with Crippen LogP contribution in [0.1, 0.15) is 42.1 Å². The number of nitrogens with zero attached hydrogens (tertiary/aromatic N) is 2. The van der Waals surface area contributed by atoms with Gasteiger partial charge in [0.05, 0.1) is 5.56 Å². The summed E-state index contributed by atoms with van der Waals surface area (Å²) < 4.78 is 0. The number of pyridine rings is 1. The minimum Gasteiger partial charge on any atom is -0.336 e. The number of hydrogen-bond donors (Lipinski definition) is 1. The molecule has 2 aromatic rings. The van der Waals surface area contributed by atoms with Gasteiger partial charge < -0.3 is 10.2 Å². The van der Waals surface area contributed by atoms with Gasteiger partial charge in [0.2, 0.25) is 0 Å². The highest BCUT2D eigenvalue weighted by atomic mass is 35.5. The fraction of sp³-hybridized carbons (Fsp3) is 0.429. The van der Waals surface area contributed by atoms with Gasteiger partial charge in [-0.2, -0.15) is 0 Å². The zero-order valence-corrected chi connectivity index (χ0v) is 17.6. The van der Waals surface area contributed by atoms with Crippen molar-refractivity contribution in [3.63, 3.8) is 0 Å². The van der Waals surface area contributed by atoms with E-state index < -0.39 is 0 Å². The summed E-state index contributed by atoms with van der Waals surface area (Å²) in [6.45, 7) is 6.98. The number of halogens is 2. The van der Waals surface area contributed by atoms with Crippen LogP contribution in [0.5, 0.6) is 0 Å². The standard InChI is InChI=1S/C21H27N3O.2ClH/c1-3-12-24(20-8-10-22-11-9-20)21(25)19-13-18(14-23-15-19)17-6-4-16(2)5-7-17;;/h4-7,13-15,20,22H,3,8-12H2,1-2H3;2*1H. The third-order valence-electron chi connectivity index (χ3n) is 4.84. The van der Waals surface area contributed by atoms with E-state index in [4.69, 9.17) is 0 Å². The summed E-state index contributed by atoms with van der Waals surface area (Å²) in [5, 5.41) is 3.38. The van der Waals surface area contributed by atoms with Crippen LogP contribution in [0, 0.1) is 6.92 Å². The maximum Gasteiger partial charge on any atom is 0.255 e. The number of aryl methyl sites for hydroxylation is 1. The molecule has 0 radical (unpaired) electrons. The predicted molar refractivity (Wildman–Crippen MR) is 116 cm³/mol. The first kappa shape index (κ1) is 23.4. The van der Waals surface area contributed by atoms with Crippen LogP contribution in [-0.2, 0) is 0 Å². The number of hydrogen-bond acceptors (Lipinski definition) is 3. The molecule has 3 rings (SSSR count). The lowest BCUT2D eigenvalue weighted by Gasteiger charge is -2.34. The van der Waals surface area contributed by atoms with E-state index in [-0.39, 0.29) is 30.7 Å². The molecule has 1 aliphatic heterocycles. The summed E-state index contributed by atoms with van der Waals surface area (Å²) in [5.41, 5.74) is 4.00. The van der Waals surface area contributed by atoms with E-state index >= 15 is 0 Å². The smallest absolute Gasteiger partial charge is 0.255 e. The second kappa shape index (κ2) is 11.3. The highest BCUT2D eigenvalue weighted by Gasteiger charge is 2.25. The molecule has 1 saturated heterocycles. The quantitative estimate of drug-likeness (QED) is 0.789. The number of carbonyl (C=O) groups excluding carboxylic acids is 1. The Morgan fingerprint density at radius 1 is 1.11 bits per heavy atom. The molecule has 1 N–H and O–H groups in total. The molecular weight excluding hydrogens is 381 g/mol. The van der Waals surface area contributed by atoms with Gasteiger partial charge in [0, 0.05) is 30.5 Å². The molecule has 0 atom stereocenters. The van der Waals surface area contributed by atoms with Crippen LogP contribution in [0.15, 0.2) is 42.7 Å². The fourth-order valence-electron chi connectivity index (χ4n) is 3.44.